The molecule has 0 radical (unpaired) electrons. The van der Waals surface area contributed by atoms with Crippen molar-refractivity contribution >= 4 is 12.0 Å². The molecule has 0 aliphatic carbocycles. The summed E-state index contributed by atoms with van der Waals surface area (Å²) < 4.78 is 15.6. The number of hydrogen-bond donors (Lipinski definition) is 4. The van der Waals surface area contributed by atoms with E-state index in [0.717, 1.165) is 12.8 Å². The van der Waals surface area contributed by atoms with Crippen LogP contribution in [0.4, 0.5) is 4.79 Å². The van der Waals surface area contributed by atoms with Crippen LogP contribution in [-0.4, -0.2) is 69.8 Å². The van der Waals surface area contributed by atoms with Crippen LogP contribution >= 0.6 is 0 Å². The first-order valence-electron chi connectivity index (χ1n) is 9.26. The normalized spacial score (nSPS) is 12.5. The second kappa shape index (κ2) is 15.6. The number of ether oxygens (including phenoxy) is 3. The molecule has 160 valence electrons. The van der Waals surface area contributed by atoms with Gasteiger partial charge in [-0.15, -0.1) is 0 Å². The Hall–Kier alpha value is -1.46. The molecule has 0 aliphatic rings. The van der Waals surface area contributed by atoms with Crippen molar-refractivity contribution in [3.8, 4) is 0 Å². The Morgan fingerprint density at radius 3 is 2.26 bits per heavy atom. The Morgan fingerprint density at radius 1 is 1.00 bits per heavy atom. The highest BCUT2D eigenvalue weighted by Crippen LogP contribution is 2.06. The lowest BCUT2D eigenvalue weighted by atomic mass is 10.1. The standard InChI is InChI=1S/C17H36N4O6/c1-17(2,3)27-16(23)21-26-13-12-25-11-10-24-9-8-20-15(22)14(19)6-4-5-7-18/h14H,4-13,18-19H2,1-3H3,(H,20,22)(H,21,23). The summed E-state index contributed by atoms with van der Waals surface area (Å²) >= 11 is 0. The van der Waals surface area contributed by atoms with Gasteiger partial charge < -0.3 is 31.0 Å². The van der Waals surface area contributed by atoms with Gasteiger partial charge in [-0.25, -0.2) is 4.79 Å². The van der Waals surface area contributed by atoms with Gasteiger partial charge in [-0.3, -0.25) is 9.63 Å². The van der Waals surface area contributed by atoms with Gasteiger partial charge in [-0.1, -0.05) is 6.42 Å². The number of carbonyl (C=O) groups is 2. The van der Waals surface area contributed by atoms with E-state index in [1.807, 2.05) is 0 Å². The SMILES string of the molecule is CC(C)(C)OC(=O)NOCCOCCOCCNC(=O)C(N)CCCCN. The van der Waals surface area contributed by atoms with Crippen LogP contribution in [0.2, 0.25) is 0 Å². The van der Waals surface area contributed by atoms with Gasteiger partial charge in [0.15, 0.2) is 0 Å². The van der Waals surface area contributed by atoms with Crippen molar-refractivity contribution in [2.75, 3.05) is 46.1 Å². The van der Waals surface area contributed by atoms with Crippen LogP contribution in [-0.2, 0) is 23.8 Å². The number of rotatable bonds is 15. The second-order valence-electron chi connectivity index (χ2n) is 6.86. The molecule has 10 heteroatoms. The summed E-state index contributed by atoms with van der Waals surface area (Å²) in [6, 6.07) is -0.505. The average molecular weight is 392 g/mol. The Morgan fingerprint density at radius 2 is 1.63 bits per heavy atom. The summed E-state index contributed by atoms with van der Waals surface area (Å²) in [4.78, 5) is 27.9. The Balaban J connectivity index is 3.38. The number of nitrogens with two attached hydrogens (primary N) is 2. The predicted molar refractivity (Wildman–Crippen MR) is 101 cm³/mol. The van der Waals surface area contributed by atoms with Crippen molar-refractivity contribution in [3.63, 3.8) is 0 Å². The van der Waals surface area contributed by atoms with Gasteiger partial charge in [-0.05, 0) is 40.2 Å². The fraction of sp³-hybridized carbons (Fsp3) is 0.882. The third-order valence-corrected chi connectivity index (χ3v) is 3.11. The van der Waals surface area contributed by atoms with Gasteiger partial charge in [-0.2, -0.15) is 5.48 Å². The smallest absolute Gasteiger partial charge is 0.431 e. The summed E-state index contributed by atoms with van der Waals surface area (Å²) in [6.07, 6.45) is 1.69. The highest BCUT2D eigenvalue weighted by atomic mass is 16.7. The monoisotopic (exact) mass is 392 g/mol. The third kappa shape index (κ3) is 17.7. The zero-order valence-corrected chi connectivity index (χ0v) is 16.8. The quantitative estimate of drug-likeness (QED) is 0.226. The molecule has 10 nitrogen and oxygen atoms in total. The van der Waals surface area contributed by atoms with Crippen LogP contribution in [0.25, 0.3) is 0 Å². The maximum atomic E-state index is 11.7. The number of carbonyl (C=O) groups excluding carboxylic acids is 2. The molecule has 1 unspecified atom stereocenters. The van der Waals surface area contributed by atoms with Gasteiger partial charge in [0.2, 0.25) is 5.91 Å². The molecule has 0 rings (SSSR count). The van der Waals surface area contributed by atoms with Crippen LogP contribution in [0.5, 0.6) is 0 Å². The molecule has 0 bridgehead atoms. The van der Waals surface area contributed by atoms with Crippen LogP contribution < -0.4 is 22.3 Å². The van der Waals surface area contributed by atoms with E-state index in [-0.39, 0.29) is 12.5 Å². The average Bonchev–Trinajstić information content (AvgIpc) is 2.57. The van der Waals surface area contributed by atoms with E-state index in [1.54, 1.807) is 20.8 Å². The molecule has 27 heavy (non-hydrogen) atoms. The zero-order valence-electron chi connectivity index (χ0n) is 16.8. The minimum atomic E-state index is -0.646. The molecule has 0 saturated heterocycles. The molecule has 0 heterocycles. The molecule has 0 spiro atoms. The van der Waals surface area contributed by atoms with Gasteiger partial charge in [0.1, 0.15) is 5.60 Å². The predicted octanol–water partition coefficient (Wildman–Crippen LogP) is 0.0484. The van der Waals surface area contributed by atoms with Crippen LogP contribution in [0.3, 0.4) is 0 Å². The Bertz CT molecular complexity index is 403. The summed E-state index contributed by atoms with van der Waals surface area (Å²) in [6.45, 7) is 7.92. The maximum Gasteiger partial charge on any atom is 0.431 e. The van der Waals surface area contributed by atoms with Crippen molar-refractivity contribution in [2.24, 2.45) is 11.5 Å². The highest BCUT2D eigenvalue weighted by Gasteiger charge is 2.15. The van der Waals surface area contributed by atoms with Crippen molar-refractivity contribution < 1.29 is 28.6 Å². The lowest BCUT2D eigenvalue weighted by Crippen LogP contribution is -2.41. The van der Waals surface area contributed by atoms with Crippen molar-refractivity contribution in [2.45, 2.75) is 51.7 Å². The fourth-order valence-corrected chi connectivity index (χ4v) is 1.85. The number of hydroxylamine groups is 1. The minimum Gasteiger partial charge on any atom is -0.442 e. The Labute approximate surface area is 161 Å². The maximum absolute atomic E-state index is 11.7. The molecule has 0 saturated carbocycles. The van der Waals surface area contributed by atoms with E-state index in [2.05, 4.69) is 10.8 Å². The van der Waals surface area contributed by atoms with Gasteiger partial charge in [0.05, 0.1) is 39.1 Å². The third-order valence-electron chi connectivity index (χ3n) is 3.11. The van der Waals surface area contributed by atoms with E-state index in [0.29, 0.717) is 45.9 Å². The topological polar surface area (TPSA) is 147 Å². The van der Waals surface area contributed by atoms with Gasteiger partial charge in [0, 0.05) is 6.54 Å². The summed E-state index contributed by atoms with van der Waals surface area (Å²) in [7, 11) is 0. The molecular weight excluding hydrogens is 356 g/mol. The van der Waals surface area contributed by atoms with Gasteiger partial charge in [0.25, 0.3) is 0 Å². The summed E-state index contributed by atoms with van der Waals surface area (Å²) in [5.74, 6) is -0.179. The number of amides is 2. The Kier molecular flexibility index (Phi) is 14.7. The first kappa shape index (κ1) is 25.5. The van der Waals surface area contributed by atoms with Gasteiger partial charge >= 0.3 is 6.09 Å². The summed E-state index contributed by atoms with van der Waals surface area (Å²) in [5.41, 5.74) is 12.8. The van der Waals surface area contributed by atoms with E-state index in [1.165, 1.54) is 0 Å². The largest absolute Gasteiger partial charge is 0.442 e. The number of unbranched alkanes of at least 4 members (excludes halogenated alkanes) is 1. The summed E-state index contributed by atoms with van der Waals surface area (Å²) in [5, 5.41) is 2.72. The molecular formula is C17H36N4O6. The van der Waals surface area contributed by atoms with Crippen molar-refractivity contribution in [1.29, 1.82) is 0 Å². The molecule has 2 amide bonds. The highest BCUT2D eigenvalue weighted by molar-refractivity contribution is 5.81. The molecule has 0 aromatic carbocycles. The van der Waals surface area contributed by atoms with E-state index >= 15 is 0 Å². The molecule has 1 atom stereocenters. The van der Waals surface area contributed by atoms with E-state index in [4.69, 9.17) is 30.5 Å². The first-order chi connectivity index (χ1) is 12.8. The van der Waals surface area contributed by atoms with Crippen LogP contribution in [0.1, 0.15) is 40.0 Å². The molecule has 0 fully saturated rings. The lowest BCUT2D eigenvalue weighted by molar-refractivity contribution is -0.122. The molecule has 0 aromatic heterocycles. The van der Waals surface area contributed by atoms with E-state index in [9.17, 15) is 9.59 Å². The minimum absolute atomic E-state index is 0.179. The number of nitrogens with one attached hydrogen (secondary N) is 2. The lowest BCUT2D eigenvalue weighted by Gasteiger charge is -2.19. The van der Waals surface area contributed by atoms with Crippen LogP contribution in [0, 0.1) is 0 Å². The van der Waals surface area contributed by atoms with E-state index < -0.39 is 17.7 Å². The number of hydrogen-bond acceptors (Lipinski definition) is 8. The molecule has 0 aromatic rings. The molecule has 6 N–H and O–H groups in total. The molecule has 0 aliphatic heterocycles. The van der Waals surface area contributed by atoms with Crippen molar-refractivity contribution in [3.05, 3.63) is 0 Å². The fourth-order valence-electron chi connectivity index (χ4n) is 1.85. The zero-order chi connectivity index (χ0) is 20.5. The van der Waals surface area contributed by atoms with Crippen LogP contribution in [0.15, 0.2) is 0 Å². The first-order valence-corrected chi connectivity index (χ1v) is 9.26. The van der Waals surface area contributed by atoms with Crippen molar-refractivity contribution in [1.82, 2.24) is 10.8 Å². The second-order valence-corrected chi connectivity index (χ2v) is 6.86.